The van der Waals surface area contributed by atoms with E-state index in [2.05, 4.69) is 4.98 Å². The van der Waals surface area contributed by atoms with Crippen molar-refractivity contribution in [3.05, 3.63) is 23.0 Å². The highest BCUT2D eigenvalue weighted by atomic mass is 35.6. The minimum atomic E-state index is -1.89. The molecular formula is C8H8Cl3NO. The molecule has 0 aliphatic heterocycles. The van der Waals surface area contributed by atoms with E-state index in [9.17, 15) is 4.79 Å². The molecule has 0 bridgehead atoms. The van der Waals surface area contributed by atoms with Crippen molar-refractivity contribution in [1.29, 1.82) is 0 Å². The average molecular weight is 241 g/mol. The Balaban J connectivity index is 3.09. The highest BCUT2D eigenvalue weighted by molar-refractivity contribution is 6.77. The second-order valence-corrected chi connectivity index (χ2v) is 5.12. The summed E-state index contributed by atoms with van der Waals surface area (Å²) in [6.45, 7) is 3.62. The molecule has 5 heteroatoms. The van der Waals surface area contributed by atoms with Gasteiger partial charge in [-0.05, 0) is 25.5 Å². The first-order chi connectivity index (χ1) is 5.82. The number of ketones is 1. The van der Waals surface area contributed by atoms with Crippen molar-refractivity contribution in [2.75, 3.05) is 0 Å². The maximum absolute atomic E-state index is 11.5. The fourth-order valence-corrected chi connectivity index (χ4v) is 1.39. The van der Waals surface area contributed by atoms with E-state index in [1.54, 1.807) is 6.92 Å². The first-order valence-electron chi connectivity index (χ1n) is 3.60. The molecule has 0 saturated carbocycles. The summed E-state index contributed by atoms with van der Waals surface area (Å²) in [4.78, 5) is 14.3. The summed E-state index contributed by atoms with van der Waals surface area (Å²) in [5.41, 5.74) is 2.02. The second-order valence-electron chi connectivity index (χ2n) is 2.84. The highest BCUT2D eigenvalue weighted by Crippen LogP contribution is 2.31. The molecular weight excluding hydrogens is 232 g/mol. The van der Waals surface area contributed by atoms with Crippen LogP contribution in [0.25, 0.3) is 0 Å². The predicted octanol–water partition coefficient (Wildman–Crippen LogP) is 3.18. The number of carbonyl (C=O) groups excluding carboxylic acids is 1. The molecule has 13 heavy (non-hydrogen) atoms. The molecule has 0 amide bonds. The zero-order valence-corrected chi connectivity index (χ0v) is 9.39. The van der Waals surface area contributed by atoms with Crippen LogP contribution < -0.4 is 0 Å². The van der Waals surface area contributed by atoms with Crippen LogP contribution in [-0.2, 0) is 0 Å². The highest BCUT2D eigenvalue weighted by Gasteiger charge is 2.33. The molecule has 0 radical (unpaired) electrons. The third kappa shape index (κ3) is 2.39. The molecule has 0 saturated heterocycles. The Morgan fingerprint density at radius 1 is 1.38 bits per heavy atom. The maximum Gasteiger partial charge on any atom is 0.255 e. The molecule has 1 heterocycles. The van der Waals surface area contributed by atoms with Gasteiger partial charge < -0.3 is 4.98 Å². The van der Waals surface area contributed by atoms with Gasteiger partial charge in [-0.3, -0.25) is 4.79 Å². The van der Waals surface area contributed by atoms with Gasteiger partial charge in [0.15, 0.2) is 0 Å². The maximum atomic E-state index is 11.5. The lowest BCUT2D eigenvalue weighted by Gasteiger charge is -2.08. The van der Waals surface area contributed by atoms with E-state index in [4.69, 9.17) is 34.8 Å². The van der Waals surface area contributed by atoms with Crippen molar-refractivity contribution in [2.24, 2.45) is 0 Å². The van der Waals surface area contributed by atoms with Gasteiger partial charge in [-0.25, -0.2) is 0 Å². The van der Waals surface area contributed by atoms with Crippen molar-refractivity contribution >= 4 is 40.6 Å². The smallest absolute Gasteiger partial charge is 0.255 e. The number of H-pyrrole nitrogens is 1. The lowest BCUT2D eigenvalue weighted by molar-refractivity contribution is 0.0991. The normalized spacial score (nSPS) is 11.8. The van der Waals surface area contributed by atoms with E-state index in [-0.39, 0.29) is 0 Å². The van der Waals surface area contributed by atoms with E-state index in [1.807, 2.05) is 13.0 Å². The summed E-state index contributed by atoms with van der Waals surface area (Å²) in [5.74, 6) is -0.525. The summed E-state index contributed by atoms with van der Waals surface area (Å²) >= 11 is 16.4. The van der Waals surface area contributed by atoms with Crippen LogP contribution >= 0.6 is 34.8 Å². The minimum absolute atomic E-state index is 0.359. The fourth-order valence-electron chi connectivity index (χ4n) is 1.11. The third-order valence-electron chi connectivity index (χ3n) is 1.63. The number of hydrogen-bond donors (Lipinski definition) is 1. The number of aromatic amines is 1. The van der Waals surface area contributed by atoms with Gasteiger partial charge in [0.2, 0.25) is 5.78 Å². The van der Waals surface area contributed by atoms with Crippen molar-refractivity contribution in [2.45, 2.75) is 17.6 Å². The Labute approximate surface area is 91.2 Å². The molecule has 2 nitrogen and oxygen atoms in total. The van der Waals surface area contributed by atoms with Crippen LogP contribution in [0, 0.1) is 13.8 Å². The molecule has 72 valence electrons. The van der Waals surface area contributed by atoms with Gasteiger partial charge >= 0.3 is 0 Å². The zero-order valence-electron chi connectivity index (χ0n) is 7.12. The summed E-state index contributed by atoms with van der Waals surface area (Å²) in [7, 11) is 0. The molecule has 1 rings (SSSR count). The number of nitrogens with one attached hydrogen (secondary N) is 1. The lowest BCUT2D eigenvalue weighted by Crippen LogP contribution is -2.20. The third-order valence-corrected chi connectivity index (χ3v) is 2.15. The number of halogens is 3. The van der Waals surface area contributed by atoms with Gasteiger partial charge in [0.05, 0.1) is 5.69 Å². The molecule has 1 N–H and O–H groups in total. The van der Waals surface area contributed by atoms with Gasteiger partial charge in [0, 0.05) is 5.69 Å². The number of hydrogen-bond acceptors (Lipinski definition) is 1. The molecule has 1 aromatic heterocycles. The van der Waals surface area contributed by atoms with Crippen molar-refractivity contribution < 1.29 is 4.79 Å². The summed E-state index contributed by atoms with van der Waals surface area (Å²) in [6.07, 6.45) is 0. The fraction of sp³-hybridized carbons (Fsp3) is 0.375. The number of alkyl halides is 3. The van der Waals surface area contributed by atoms with Crippen LogP contribution in [0.1, 0.15) is 21.7 Å². The van der Waals surface area contributed by atoms with E-state index in [0.29, 0.717) is 5.69 Å². The first kappa shape index (κ1) is 10.9. The lowest BCUT2D eigenvalue weighted by atomic mass is 10.2. The quantitative estimate of drug-likeness (QED) is 0.593. The Hall–Kier alpha value is -0.180. The molecule has 0 aromatic carbocycles. The molecule has 0 atom stereocenters. The van der Waals surface area contributed by atoms with Crippen molar-refractivity contribution in [3.63, 3.8) is 0 Å². The predicted molar refractivity (Wildman–Crippen MR) is 54.9 cm³/mol. The van der Waals surface area contributed by atoms with Gasteiger partial charge in [0.1, 0.15) is 0 Å². The molecule has 0 unspecified atom stereocenters. The van der Waals surface area contributed by atoms with E-state index in [1.165, 1.54) is 0 Å². The zero-order chi connectivity index (χ0) is 10.2. The average Bonchev–Trinajstić information content (AvgIpc) is 2.26. The van der Waals surface area contributed by atoms with Crippen molar-refractivity contribution in [3.8, 4) is 0 Å². The van der Waals surface area contributed by atoms with Gasteiger partial charge in [-0.2, -0.15) is 0 Å². The number of aryl methyl sites for hydroxylation is 2. The largest absolute Gasteiger partial charge is 0.356 e. The number of Topliss-reactive ketones (excluding diaryl/α,β-unsaturated/α-hetero) is 1. The Kier molecular flexibility index (Phi) is 2.95. The van der Waals surface area contributed by atoms with Crippen LogP contribution in [0.2, 0.25) is 0 Å². The number of carbonyl (C=O) groups is 1. The number of rotatable bonds is 1. The molecule has 1 aromatic rings. The topological polar surface area (TPSA) is 32.9 Å². The van der Waals surface area contributed by atoms with Crippen LogP contribution in [0.3, 0.4) is 0 Å². The van der Waals surface area contributed by atoms with Gasteiger partial charge in [0.25, 0.3) is 3.79 Å². The van der Waals surface area contributed by atoms with Gasteiger partial charge in [-0.15, -0.1) is 0 Å². The molecule has 0 fully saturated rings. The van der Waals surface area contributed by atoms with E-state index >= 15 is 0 Å². The molecule has 0 spiro atoms. The molecule has 0 aliphatic rings. The van der Waals surface area contributed by atoms with Crippen LogP contribution in [-0.4, -0.2) is 14.6 Å². The molecule has 0 aliphatic carbocycles. The Morgan fingerprint density at radius 3 is 2.23 bits per heavy atom. The van der Waals surface area contributed by atoms with Crippen LogP contribution in [0.4, 0.5) is 0 Å². The standard InChI is InChI=1S/C8H8Cl3NO/c1-4-3-5(2)12-6(4)7(13)8(9,10)11/h3,12H,1-2H3. The van der Waals surface area contributed by atoms with Gasteiger partial charge in [-0.1, -0.05) is 34.8 Å². The summed E-state index contributed by atoms with van der Waals surface area (Å²) in [6, 6.07) is 1.82. The van der Waals surface area contributed by atoms with Crippen LogP contribution in [0.15, 0.2) is 6.07 Å². The monoisotopic (exact) mass is 239 g/mol. The minimum Gasteiger partial charge on any atom is -0.356 e. The SMILES string of the molecule is Cc1cc(C)c(C(=O)C(Cl)(Cl)Cl)[nH]1. The van der Waals surface area contributed by atoms with E-state index in [0.717, 1.165) is 11.3 Å². The summed E-state index contributed by atoms with van der Waals surface area (Å²) in [5, 5.41) is 0. The van der Waals surface area contributed by atoms with E-state index < -0.39 is 9.58 Å². The number of aromatic nitrogens is 1. The first-order valence-corrected chi connectivity index (χ1v) is 4.73. The Morgan fingerprint density at radius 2 is 1.92 bits per heavy atom. The Bertz CT molecular complexity index is 338. The summed E-state index contributed by atoms with van der Waals surface area (Å²) < 4.78 is -1.89. The van der Waals surface area contributed by atoms with Crippen LogP contribution in [0.5, 0.6) is 0 Å². The second kappa shape index (κ2) is 3.52. The van der Waals surface area contributed by atoms with Crippen molar-refractivity contribution in [1.82, 2.24) is 4.98 Å².